The van der Waals surface area contributed by atoms with E-state index in [0.29, 0.717) is 19.5 Å². The highest BCUT2D eigenvalue weighted by molar-refractivity contribution is 6.69. The van der Waals surface area contributed by atoms with Gasteiger partial charge in [-0.25, -0.2) is 4.79 Å². The highest BCUT2D eigenvalue weighted by Crippen LogP contribution is 2.09. The van der Waals surface area contributed by atoms with E-state index in [1.165, 1.54) is 0 Å². The molecule has 0 bridgehead atoms. The van der Waals surface area contributed by atoms with E-state index in [9.17, 15) is 14.9 Å². The number of carbonyl (C=O) groups excluding carboxylic acids is 1. The number of nitrogens with one attached hydrogen (secondary N) is 1. The molecule has 0 aliphatic carbocycles. The first-order chi connectivity index (χ1) is 10.2. The topological polar surface area (TPSA) is 117 Å². The van der Waals surface area contributed by atoms with Crippen LogP contribution in [0.1, 0.15) is 12.8 Å². The highest BCUT2D eigenvalue weighted by Gasteiger charge is 2.38. The summed E-state index contributed by atoms with van der Waals surface area (Å²) in [6.07, 6.45) is 4.20. The maximum absolute atomic E-state index is 11.6. The zero-order valence-electron chi connectivity index (χ0n) is 13.7. The van der Waals surface area contributed by atoms with Crippen LogP contribution < -0.4 is 11.1 Å². The molecule has 128 valence electrons. The Morgan fingerprint density at radius 1 is 1.45 bits per heavy atom. The maximum Gasteiger partial charge on any atom is 0.383 e. The molecule has 0 saturated heterocycles. The van der Waals surface area contributed by atoms with Crippen molar-refractivity contribution in [2.24, 2.45) is 5.73 Å². The summed E-state index contributed by atoms with van der Waals surface area (Å²) in [7, 11) is -0.549. The summed E-state index contributed by atoms with van der Waals surface area (Å²) in [5.74, 6) is -0.866. The molecule has 0 spiro atoms. The van der Waals surface area contributed by atoms with E-state index in [1.807, 2.05) is 19.6 Å². The van der Waals surface area contributed by atoms with Crippen LogP contribution in [0.2, 0.25) is 19.6 Å². The third-order valence-corrected chi connectivity index (χ3v) is 3.59. The lowest BCUT2D eigenvalue weighted by Crippen LogP contribution is -2.49. The Balaban J connectivity index is 4.85. The molecule has 9 heteroatoms. The fourth-order valence-electron chi connectivity index (χ4n) is 1.69. The van der Waals surface area contributed by atoms with Crippen molar-refractivity contribution in [2.75, 3.05) is 20.2 Å². The predicted molar refractivity (Wildman–Crippen MR) is 86.4 cm³/mol. The largest absolute Gasteiger partial charge is 0.550 e. The zero-order valence-corrected chi connectivity index (χ0v) is 14.7. The van der Waals surface area contributed by atoms with E-state index in [4.69, 9.17) is 10.2 Å². The Hall–Kier alpha value is -1.45. The Labute approximate surface area is 132 Å². The molecule has 0 aliphatic rings. The Kier molecular flexibility index (Phi) is 9.62. The van der Waals surface area contributed by atoms with Gasteiger partial charge in [0.25, 0.3) is 0 Å². The molecular formula is C13H27N3O5Si. The summed E-state index contributed by atoms with van der Waals surface area (Å²) in [5, 5.41) is 14.2. The molecule has 22 heavy (non-hydrogen) atoms. The molecule has 0 heterocycles. The number of hydrogen-bond acceptors (Lipinski definition) is 7. The fourth-order valence-corrected chi connectivity index (χ4v) is 2.19. The van der Waals surface area contributed by atoms with Gasteiger partial charge in [-0.05, 0) is 51.6 Å². The minimum absolute atomic E-state index is 0.287. The lowest BCUT2D eigenvalue weighted by molar-refractivity contribution is -0.514. The van der Waals surface area contributed by atoms with Crippen LogP contribution in [-0.4, -0.2) is 51.5 Å². The van der Waals surface area contributed by atoms with E-state index in [-0.39, 0.29) is 6.42 Å². The minimum atomic E-state index is -1.69. The second kappa shape index (κ2) is 10.3. The van der Waals surface area contributed by atoms with Crippen LogP contribution in [0.25, 0.3) is 0 Å². The van der Waals surface area contributed by atoms with Gasteiger partial charge in [0, 0.05) is 4.92 Å². The van der Waals surface area contributed by atoms with Crippen LogP contribution in [0.5, 0.6) is 0 Å². The van der Waals surface area contributed by atoms with E-state index in [0.717, 1.165) is 7.11 Å². The molecule has 0 rings (SSSR count). The van der Waals surface area contributed by atoms with E-state index in [2.05, 4.69) is 10.1 Å². The van der Waals surface area contributed by atoms with Gasteiger partial charge in [-0.2, -0.15) is 0 Å². The first kappa shape index (κ1) is 20.5. The number of nitro groups is 1. The number of esters is 1. The number of methoxy groups -OCH3 is 1. The molecule has 0 aromatic heterocycles. The minimum Gasteiger partial charge on any atom is -0.550 e. The van der Waals surface area contributed by atoms with Crippen LogP contribution in [-0.2, 0) is 14.0 Å². The third-order valence-electron chi connectivity index (χ3n) is 2.75. The van der Waals surface area contributed by atoms with Gasteiger partial charge in [-0.1, -0.05) is 0 Å². The van der Waals surface area contributed by atoms with Crippen molar-refractivity contribution in [1.29, 1.82) is 0 Å². The van der Waals surface area contributed by atoms with Gasteiger partial charge in [-0.15, -0.1) is 0 Å². The molecule has 0 saturated carbocycles. The van der Waals surface area contributed by atoms with Crippen LogP contribution in [0.4, 0.5) is 0 Å². The lowest BCUT2D eigenvalue weighted by atomic mass is 10.1. The van der Waals surface area contributed by atoms with Gasteiger partial charge in [0.05, 0.1) is 19.4 Å². The van der Waals surface area contributed by atoms with Gasteiger partial charge < -0.3 is 20.2 Å². The van der Waals surface area contributed by atoms with Crippen LogP contribution in [0.15, 0.2) is 12.3 Å². The van der Waals surface area contributed by atoms with Crippen LogP contribution >= 0.6 is 0 Å². The Morgan fingerprint density at radius 2 is 2.09 bits per heavy atom. The van der Waals surface area contributed by atoms with Crippen molar-refractivity contribution in [2.45, 2.75) is 44.6 Å². The monoisotopic (exact) mass is 333 g/mol. The average molecular weight is 333 g/mol. The van der Waals surface area contributed by atoms with E-state index < -0.39 is 31.3 Å². The standard InChI is InChI=1S/C13H27N3O5Si/c1-20-13(17)12(16(18)19)11(15-9-6-8-14)7-5-10-21-22(2,3)4/h5,10-12,15H,6-9,14H2,1-4H3. The molecule has 0 fully saturated rings. The average Bonchev–Trinajstić information content (AvgIpc) is 2.41. The molecule has 0 aliphatic heterocycles. The highest BCUT2D eigenvalue weighted by atomic mass is 28.4. The van der Waals surface area contributed by atoms with Crippen molar-refractivity contribution in [3.63, 3.8) is 0 Å². The first-order valence-electron chi connectivity index (χ1n) is 7.20. The molecule has 0 aromatic rings. The molecule has 0 amide bonds. The molecule has 0 radical (unpaired) electrons. The molecule has 3 N–H and O–H groups in total. The number of rotatable bonds is 11. The molecule has 0 aromatic carbocycles. The SMILES string of the molecule is COC(=O)C(C(CC=CO[Si](C)(C)C)NCCCN)[N+](=O)[O-]. The molecule has 2 atom stereocenters. The molecular weight excluding hydrogens is 306 g/mol. The number of nitrogens with zero attached hydrogens (tertiary/aromatic N) is 1. The van der Waals surface area contributed by atoms with E-state index in [1.54, 1.807) is 12.3 Å². The Bertz CT molecular complexity index is 384. The fraction of sp³-hybridized carbons (Fsp3) is 0.769. The molecule has 2 unspecified atom stereocenters. The second-order valence-corrected chi connectivity index (χ2v) is 10.3. The normalized spacial score (nSPS) is 14.6. The van der Waals surface area contributed by atoms with Gasteiger partial charge >= 0.3 is 12.0 Å². The molecule has 8 nitrogen and oxygen atoms in total. The van der Waals surface area contributed by atoms with Crippen molar-refractivity contribution >= 4 is 14.3 Å². The number of carbonyl (C=O) groups is 1. The number of hydrogen-bond donors (Lipinski definition) is 2. The van der Waals surface area contributed by atoms with Gasteiger partial charge in [0.1, 0.15) is 0 Å². The summed E-state index contributed by atoms with van der Waals surface area (Å²) >= 11 is 0. The first-order valence-corrected chi connectivity index (χ1v) is 10.6. The predicted octanol–water partition coefficient (Wildman–Crippen LogP) is 0.867. The van der Waals surface area contributed by atoms with Crippen molar-refractivity contribution in [3.05, 3.63) is 22.5 Å². The van der Waals surface area contributed by atoms with Gasteiger partial charge in [-0.3, -0.25) is 10.1 Å². The number of ether oxygens (including phenoxy) is 1. The third kappa shape index (κ3) is 8.75. The van der Waals surface area contributed by atoms with Gasteiger partial charge in [0.2, 0.25) is 8.32 Å². The summed E-state index contributed by atoms with van der Waals surface area (Å²) < 4.78 is 10.1. The Morgan fingerprint density at radius 3 is 2.55 bits per heavy atom. The van der Waals surface area contributed by atoms with Crippen molar-refractivity contribution < 1.29 is 18.9 Å². The van der Waals surface area contributed by atoms with Gasteiger partial charge in [0.15, 0.2) is 0 Å². The van der Waals surface area contributed by atoms with Crippen molar-refractivity contribution in [3.8, 4) is 0 Å². The summed E-state index contributed by atoms with van der Waals surface area (Å²) in [6, 6.07) is -2.13. The smallest absolute Gasteiger partial charge is 0.383 e. The van der Waals surface area contributed by atoms with E-state index >= 15 is 0 Å². The second-order valence-electron chi connectivity index (χ2n) is 5.79. The summed E-state index contributed by atoms with van der Waals surface area (Å²) in [5.41, 5.74) is 5.41. The van der Waals surface area contributed by atoms with Crippen molar-refractivity contribution in [1.82, 2.24) is 5.32 Å². The van der Waals surface area contributed by atoms with Crippen LogP contribution in [0, 0.1) is 10.1 Å². The summed E-state index contributed by atoms with van der Waals surface area (Å²) in [4.78, 5) is 22.2. The maximum atomic E-state index is 11.6. The number of nitrogens with two attached hydrogens (primary N) is 1. The lowest BCUT2D eigenvalue weighted by Gasteiger charge is -2.20. The van der Waals surface area contributed by atoms with Crippen LogP contribution in [0.3, 0.4) is 0 Å². The summed E-state index contributed by atoms with van der Waals surface area (Å²) in [6.45, 7) is 7.05. The quantitative estimate of drug-likeness (QED) is 0.144. The zero-order chi connectivity index (χ0) is 17.2.